The zero-order valence-corrected chi connectivity index (χ0v) is 11.9. The lowest BCUT2D eigenvalue weighted by Crippen LogP contribution is -2.18. The number of unbranched alkanes of at least 4 members (excludes halogenated alkanes) is 4. The first-order valence-corrected chi connectivity index (χ1v) is 7.36. The Hall–Kier alpha value is -1.95. The van der Waals surface area contributed by atoms with Crippen molar-refractivity contribution in [3.63, 3.8) is 0 Å². The van der Waals surface area contributed by atoms with E-state index in [2.05, 4.69) is 13.0 Å². The quantitative estimate of drug-likeness (QED) is 0.779. The summed E-state index contributed by atoms with van der Waals surface area (Å²) in [4.78, 5) is 0. The molecular formula is C17H21NO2. The molecule has 1 atom stereocenters. The maximum absolute atomic E-state index is 9.52. The van der Waals surface area contributed by atoms with E-state index in [-0.39, 0.29) is 11.9 Å². The average molecular weight is 271 g/mol. The monoisotopic (exact) mass is 271 g/mol. The minimum atomic E-state index is -0.0550. The normalized spacial score (nSPS) is 16.8. The van der Waals surface area contributed by atoms with Crippen molar-refractivity contribution in [3.05, 3.63) is 29.8 Å². The largest absolute Gasteiger partial charge is 0.508 e. The van der Waals surface area contributed by atoms with Gasteiger partial charge in [0.2, 0.25) is 0 Å². The van der Waals surface area contributed by atoms with Crippen molar-refractivity contribution in [1.82, 2.24) is 0 Å². The van der Waals surface area contributed by atoms with Crippen LogP contribution in [-0.2, 0) is 0 Å². The molecule has 3 heteroatoms. The molecular weight excluding hydrogens is 250 g/mol. The number of phenols is 1. The van der Waals surface area contributed by atoms with Crippen LogP contribution in [0, 0.1) is 11.3 Å². The average Bonchev–Trinajstić information content (AvgIpc) is 2.45. The molecule has 0 saturated heterocycles. The van der Waals surface area contributed by atoms with Gasteiger partial charge in [0.15, 0.2) is 0 Å². The second-order valence-corrected chi connectivity index (χ2v) is 5.23. The fraction of sp³-hybridized carbons (Fsp3) is 0.471. The van der Waals surface area contributed by atoms with Gasteiger partial charge in [-0.25, -0.2) is 0 Å². The fourth-order valence-corrected chi connectivity index (χ4v) is 2.49. The van der Waals surface area contributed by atoms with Crippen LogP contribution in [0.25, 0.3) is 5.57 Å². The molecule has 0 amide bonds. The van der Waals surface area contributed by atoms with Crippen LogP contribution in [-0.4, -0.2) is 11.2 Å². The Morgan fingerprint density at radius 1 is 1.25 bits per heavy atom. The third-order valence-electron chi connectivity index (χ3n) is 3.60. The summed E-state index contributed by atoms with van der Waals surface area (Å²) in [6.07, 6.45) is 8.86. The van der Waals surface area contributed by atoms with Gasteiger partial charge in [0.25, 0.3) is 0 Å². The molecule has 0 aliphatic carbocycles. The lowest BCUT2D eigenvalue weighted by atomic mass is 9.98. The maximum atomic E-state index is 9.52. The zero-order chi connectivity index (χ0) is 14.4. The van der Waals surface area contributed by atoms with E-state index in [4.69, 9.17) is 4.74 Å². The second kappa shape index (κ2) is 7.00. The first-order chi connectivity index (χ1) is 9.74. The number of aromatic hydroxyl groups is 1. The first kappa shape index (κ1) is 14.5. The van der Waals surface area contributed by atoms with E-state index in [9.17, 15) is 10.4 Å². The molecule has 1 aliphatic rings. The van der Waals surface area contributed by atoms with Crippen molar-refractivity contribution in [2.75, 3.05) is 0 Å². The van der Waals surface area contributed by atoms with Crippen LogP contribution in [0.2, 0.25) is 0 Å². The molecule has 106 valence electrons. The highest BCUT2D eigenvalue weighted by molar-refractivity contribution is 5.82. The highest BCUT2D eigenvalue weighted by Gasteiger charge is 2.20. The number of rotatable bonds is 6. The number of ether oxygens (including phenoxy) is 1. The van der Waals surface area contributed by atoms with Crippen molar-refractivity contribution in [3.8, 4) is 17.6 Å². The molecule has 1 aromatic carbocycles. The Morgan fingerprint density at radius 3 is 2.80 bits per heavy atom. The van der Waals surface area contributed by atoms with Gasteiger partial charge < -0.3 is 9.84 Å². The van der Waals surface area contributed by atoms with Crippen molar-refractivity contribution in [2.24, 2.45) is 0 Å². The van der Waals surface area contributed by atoms with Crippen LogP contribution in [0.1, 0.15) is 51.0 Å². The van der Waals surface area contributed by atoms with E-state index in [0.29, 0.717) is 11.3 Å². The van der Waals surface area contributed by atoms with Gasteiger partial charge in [0.05, 0.1) is 11.6 Å². The Balaban J connectivity index is 1.99. The zero-order valence-electron chi connectivity index (χ0n) is 11.9. The topological polar surface area (TPSA) is 53.2 Å². The summed E-state index contributed by atoms with van der Waals surface area (Å²) in [5.41, 5.74) is 1.41. The van der Waals surface area contributed by atoms with E-state index in [1.807, 2.05) is 6.08 Å². The van der Waals surface area contributed by atoms with Gasteiger partial charge in [-0.15, -0.1) is 0 Å². The number of hydrogen-bond acceptors (Lipinski definition) is 3. The second-order valence-electron chi connectivity index (χ2n) is 5.23. The predicted octanol–water partition coefficient (Wildman–Crippen LogP) is 4.42. The smallest absolute Gasteiger partial charge is 0.132 e. The third-order valence-corrected chi connectivity index (χ3v) is 3.60. The van der Waals surface area contributed by atoms with Crippen LogP contribution in [0.15, 0.2) is 24.3 Å². The van der Waals surface area contributed by atoms with Gasteiger partial charge >= 0.3 is 0 Å². The standard InChI is InChI=1S/C17H21NO2/c1-2-3-4-5-6-7-15-10-13(12-18)16-9-8-14(19)11-17(16)20-15/h8-11,15,19H,2-7H2,1H3. The van der Waals surface area contributed by atoms with Crippen LogP contribution >= 0.6 is 0 Å². The van der Waals surface area contributed by atoms with Crippen molar-refractivity contribution in [1.29, 1.82) is 5.26 Å². The van der Waals surface area contributed by atoms with E-state index in [1.54, 1.807) is 18.2 Å². The lowest BCUT2D eigenvalue weighted by molar-refractivity contribution is 0.228. The first-order valence-electron chi connectivity index (χ1n) is 7.36. The Kier molecular flexibility index (Phi) is 5.06. The number of nitriles is 1. The summed E-state index contributed by atoms with van der Waals surface area (Å²) >= 11 is 0. The van der Waals surface area contributed by atoms with Crippen LogP contribution in [0.5, 0.6) is 11.5 Å². The number of fused-ring (bicyclic) bond motifs is 1. The molecule has 0 bridgehead atoms. The summed E-state index contributed by atoms with van der Waals surface area (Å²) in [6, 6.07) is 7.12. The van der Waals surface area contributed by atoms with Crippen LogP contribution in [0.3, 0.4) is 0 Å². The molecule has 0 fully saturated rings. The molecule has 1 aliphatic heterocycles. The molecule has 0 spiro atoms. The van der Waals surface area contributed by atoms with E-state index in [0.717, 1.165) is 18.4 Å². The number of phenolic OH excluding ortho intramolecular Hbond substituents is 1. The molecule has 1 N–H and O–H groups in total. The molecule has 0 aromatic heterocycles. The summed E-state index contributed by atoms with van der Waals surface area (Å²) < 4.78 is 5.86. The Bertz CT molecular complexity index is 528. The SMILES string of the molecule is CCCCCCCC1C=C(C#N)c2ccc(O)cc2O1. The third kappa shape index (κ3) is 3.54. The summed E-state index contributed by atoms with van der Waals surface area (Å²) in [6.45, 7) is 2.20. The number of benzene rings is 1. The van der Waals surface area contributed by atoms with E-state index < -0.39 is 0 Å². The predicted molar refractivity (Wildman–Crippen MR) is 79.5 cm³/mol. The Labute approximate surface area is 120 Å². The number of nitrogens with zero attached hydrogens (tertiary/aromatic N) is 1. The van der Waals surface area contributed by atoms with Crippen molar-refractivity contribution in [2.45, 2.75) is 51.6 Å². The van der Waals surface area contributed by atoms with Gasteiger partial charge in [-0.05, 0) is 31.1 Å². The highest BCUT2D eigenvalue weighted by Crippen LogP contribution is 2.35. The fourth-order valence-electron chi connectivity index (χ4n) is 2.49. The van der Waals surface area contributed by atoms with Crippen molar-refractivity contribution < 1.29 is 9.84 Å². The molecule has 1 unspecified atom stereocenters. The molecule has 1 aromatic rings. The molecule has 20 heavy (non-hydrogen) atoms. The van der Waals surface area contributed by atoms with Gasteiger partial charge in [-0.1, -0.05) is 32.6 Å². The summed E-state index contributed by atoms with van der Waals surface area (Å²) in [5.74, 6) is 0.784. The van der Waals surface area contributed by atoms with Gasteiger partial charge in [-0.2, -0.15) is 5.26 Å². The van der Waals surface area contributed by atoms with E-state index in [1.165, 1.54) is 25.7 Å². The minimum Gasteiger partial charge on any atom is -0.508 e. The molecule has 1 heterocycles. The Morgan fingerprint density at radius 2 is 2.05 bits per heavy atom. The molecule has 0 radical (unpaired) electrons. The van der Waals surface area contributed by atoms with E-state index >= 15 is 0 Å². The lowest BCUT2D eigenvalue weighted by Gasteiger charge is -2.23. The molecule has 3 nitrogen and oxygen atoms in total. The summed E-state index contributed by atoms with van der Waals surface area (Å²) in [5, 5.41) is 18.8. The minimum absolute atomic E-state index is 0.0550. The van der Waals surface area contributed by atoms with Gasteiger partial charge in [0, 0.05) is 11.6 Å². The van der Waals surface area contributed by atoms with Crippen LogP contribution < -0.4 is 4.74 Å². The van der Waals surface area contributed by atoms with Crippen LogP contribution in [0.4, 0.5) is 0 Å². The number of hydrogen-bond donors (Lipinski definition) is 1. The molecule has 0 saturated carbocycles. The summed E-state index contributed by atoms with van der Waals surface area (Å²) in [7, 11) is 0. The maximum Gasteiger partial charge on any atom is 0.132 e. The van der Waals surface area contributed by atoms with Gasteiger partial charge in [-0.3, -0.25) is 0 Å². The van der Waals surface area contributed by atoms with Gasteiger partial charge in [0.1, 0.15) is 17.6 Å². The van der Waals surface area contributed by atoms with Crippen molar-refractivity contribution >= 4 is 5.57 Å². The highest BCUT2D eigenvalue weighted by atomic mass is 16.5. The number of allylic oxidation sites excluding steroid dienone is 1. The molecule has 2 rings (SSSR count).